The highest BCUT2D eigenvalue weighted by Gasteiger charge is 2.06. The quantitative estimate of drug-likeness (QED) is 0.602. The topological polar surface area (TPSA) is 15.7 Å². The molecule has 1 aliphatic rings. The zero-order valence-electron chi connectivity index (χ0n) is 6.56. The van der Waals surface area contributed by atoms with Gasteiger partial charge in [0, 0.05) is 19.4 Å². The Hall–Kier alpha value is -0.670. The van der Waals surface area contributed by atoms with Gasteiger partial charge in [0.05, 0.1) is 6.61 Å². The van der Waals surface area contributed by atoms with Crippen molar-refractivity contribution >= 4 is 12.4 Å². The van der Waals surface area contributed by atoms with Gasteiger partial charge in [-0.05, 0) is 0 Å². The van der Waals surface area contributed by atoms with Gasteiger partial charge in [-0.15, -0.1) is 19.0 Å². The van der Waals surface area contributed by atoms with Crippen LogP contribution < -0.4 is 0 Å². The highest BCUT2D eigenvalue weighted by atomic mass is 35.5. The maximum absolute atomic E-state index is 5.21. The molecule has 0 N–H and O–H groups in total. The van der Waals surface area contributed by atoms with Gasteiger partial charge >= 0.3 is 0 Å². The molecule has 3 nitrogen and oxygen atoms in total. The van der Waals surface area contributed by atoms with E-state index in [1.54, 1.807) is 11.1 Å². The summed E-state index contributed by atoms with van der Waals surface area (Å²) in [7, 11) is 1.99. The molecule has 11 heavy (non-hydrogen) atoms. The Morgan fingerprint density at radius 2 is 2.36 bits per heavy atom. The van der Waals surface area contributed by atoms with Gasteiger partial charge in [-0.25, -0.2) is 5.06 Å². The summed E-state index contributed by atoms with van der Waals surface area (Å²) in [5.41, 5.74) is 0. The van der Waals surface area contributed by atoms with Crippen LogP contribution in [0.25, 0.3) is 0 Å². The summed E-state index contributed by atoms with van der Waals surface area (Å²) in [6, 6.07) is 0. The van der Waals surface area contributed by atoms with Crippen molar-refractivity contribution in [1.29, 1.82) is 0 Å². The predicted molar refractivity (Wildman–Crippen MR) is 47.0 cm³/mol. The van der Waals surface area contributed by atoms with Crippen molar-refractivity contribution in [2.75, 3.05) is 20.3 Å². The third-order valence-electron chi connectivity index (χ3n) is 1.21. The van der Waals surface area contributed by atoms with E-state index in [1.807, 2.05) is 24.3 Å². The van der Waals surface area contributed by atoms with Crippen molar-refractivity contribution in [3.05, 3.63) is 25.1 Å². The molecule has 0 unspecified atom stereocenters. The first-order valence-corrected chi connectivity index (χ1v) is 3.22. The third-order valence-corrected chi connectivity index (χ3v) is 1.21. The van der Waals surface area contributed by atoms with E-state index in [-0.39, 0.29) is 12.4 Å². The molecule has 0 bridgehead atoms. The monoisotopic (exact) mass is 176 g/mol. The molecule has 64 valence electrons. The van der Waals surface area contributed by atoms with Crippen LogP contribution in [-0.4, -0.2) is 30.3 Å². The van der Waals surface area contributed by atoms with Gasteiger partial charge in [-0.2, -0.15) is 0 Å². The SMILES string of the molecule is C=CCON1C=CN(C)C1.Cl. The zero-order valence-corrected chi connectivity index (χ0v) is 7.38. The van der Waals surface area contributed by atoms with Crippen LogP contribution in [0, 0.1) is 0 Å². The highest BCUT2D eigenvalue weighted by Crippen LogP contribution is 2.03. The second-order valence-corrected chi connectivity index (χ2v) is 2.20. The average molecular weight is 177 g/mol. The van der Waals surface area contributed by atoms with Crippen molar-refractivity contribution in [1.82, 2.24) is 9.96 Å². The van der Waals surface area contributed by atoms with Gasteiger partial charge in [-0.3, -0.25) is 4.84 Å². The Morgan fingerprint density at radius 1 is 1.64 bits per heavy atom. The molecule has 0 fully saturated rings. The highest BCUT2D eigenvalue weighted by molar-refractivity contribution is 5.85. The number of rotatable bonds is 3. The predicted octanol–water partition coefficient (Wildman–Crippen LogP) is 1.20. The van der Waals surface area contributed by atoms with Crippen molar-refractivity contribution in [3.63, 3.8) is 0 Å². The summed E-state index contributed by atoms with van der Waals surface area (Å²) in [4.78, 5) is 7.24. The van der Waals surface area contributed by atoms with Crippen LogP contribution in [0.15, 0.2) is 25.1 Å². The molecular formula is C7H13ClN2O. The lowest BCUT2D eigenvalue weighted by Crippen LogP contribution is -2.22. The Bertz CT molecular complexity index is 149. The van der Waals surface area contributed by atoms with Crippen molar-refractivity contribution in [2.45, 2.75) is 0 Å². The minimum atomic E-state index is 0. The summed E-state index contributed by atoms with van der Waals surface area (Å²) < 4.78 is 0. The summed E-state index contributed by atoms with van der Waals surface area (Å²) in [5, 5.41) is 1.77. The minimum Gasteiger partial charge on any atom is -0.360 e. The Morgan fingerprint density at radius 3 is 2.82 bits per heavy atom. The standard InChI is InChI=1S/C7H12N2O.ClH/c1-3-6-10-9-5-4-8(2)7-9;/h3-5H,1,6-7H2,2H3;1H. The van der Waals surface area contributed by atoms with Crippen molar-refractivity contribution < 1.29 is 4.84 Å². The van der Waals surface area contributed by atoms with E-state index < -0.39 is 0 Å². The molecular weight excluding hydrogens is 164 g/mol. The van der Waals surface area contributed by atoms with Crippen LogP contribution >= 0.6 is 12.4 Å². The summed E-state index contributed by atoms with van der Waals surface area (Å²) in [6.45, 7) is 4.92. The number of hydrogen-bond donors (Lipinski definition) is 0. The largest absolute Gasteiger partial charge is 0.360 e. The lowest BCUT2D eigenvalue weighted by Gasteiger charge is -2.15. The van der Waals surface area contributed by atoms with Crippen LogP contribution in [0.2, 0.25) is 0 Å². The van der Waals surface area contributed by atoms with Gasteiger partial charge < -0.3 is 4.90 Å². The van der Waals surface area contributed by atoms with Crippen LogP contribution in [0.1, 0.15) is 0 Å². The van der Waals surface area contributed by atoms with E-state index >= 15 is 0 Å². The van der Waals surface area contributed by atoms with Crippen molar-refractivity contribution in [3.8, 4) is 0 Å². The fourth-order valence-corrected chi connectivity index (χ4v) is 0.735. The van der Waals surface area contributed by atoms with E-state index in [2.05, 4.69) is 6.58 Å². The summed E-state index contributed by atoms with van der Waals surface area (Å²) >= 11 is 0. The average Bonchev–Trinajstić information content (AvgIpc) is 2.31. The van der Waals surface area contributed by atoms with E-state index in [9.17, 15) is 0 Å². The molecule has 1 heterocycles. The van der Waals surface area contributed by atoms with E-state index in [4.69, 9.17) is 4.84 Å². The molecule has 0 amide bonds. The molecule has 4 heteroatoms. The van der Waals surface area contributed by atoms with Crippen molar-refractivity contribution in [2.24, 2.45) is 0 Å². The minimum absolute atomic E-state index is 0. The first-order valence-electron chi connectivity index (χ1n) is 3.22. The molecule has 0 spiro atoms. The summed E-state index contributed by atoms with van der Waals surface area (Å²) in [5.74, 6) is 0. The zero-order chi connectivity index (χ0) is 7.40. The maximum atomic E-state index is 5.21. The van der Waals surface area contributed by atoms with Crippen LogP contribution in [-0.2, 0) is 4.84 Å². The maximum Gasteiger partial charge on any atom is 0.115 e. The number of hydroxylamine groups is 2. The fraction of sp³-hybridized carbons (Fsp3) is 0.429. The third kappa shape index (κ3) is 3.30. The Kier molecular flexibility index (Phi) is 4.74. The van der Waals surface area contributed by atoms with Crippen LogP contribution in [0.5, 0.6) is 0 Å². The van der Waals surface area contributed by atoms with Gasteiger partial charge in [0.25, 0.3) is 0 Å². The Labute approximate surface area is 73.3 Å². The second-order valence-electron chi connectivity index (χ2n) is 2.20. The molecule has 1 aliphatic heterocycles. The first kappa shape index (κ1) is 10.3. The van der Waals surface area contributed by atoms with Gasteiger partial charge in [0.2, 0.25) is 0 Å². The number of nitrogens with zero attached hydrogens (tertiary/aromatic N) is 2. The smallest absolute Gasteiger partial charge is 0.115 e. The van der Waals surface area contributed by atoms with Crippen LogP contribution in [0.3, 0.4) is 0 Å². The molecule has 1 rings (SSSR count). The van der Waals surface area contributed by atoms with Crippen LogP contribution in [0.4, 0.5) is 0 Å². The first-order chi connectivity index (χ1) is 4.83. The molecule has 0 aliphatic carbocycles. The molecule has 0 aromatic carbocycles. The fourth-order valence-electron chi connectivity index (χ4n) is 0.735. The molecule has 0 aromatic rings. The van der Waals surface area contributed by atoms with Gasteiger partial charge in [-0.1, -0.05) is 6.08 Å². The number of halogens is 1. The molecule has 0 aromatic heterocycles. The van der Waals surface area contributed by atoms with Gasteiger partial charge in [0.1, 0.15) is 6.67 Å². The number of hydrogen-bond acceptors (Lipinski definition) is 3. The Balaban J connectivity index is 0.000001000. The van der Waals surface area contributed by atoms with E-state index in [1.165, 1.54) is 0 Å². The second kappa shape index (κ2) is 5.04. The molecule has 0 atom stereocenters. The molecule has 0 saturated heterocycles. The lowest BCUT2D eigenvalue weighted by molar-refractivity contribution is -0.114. The molecule has 0 saturated carbocycles. The van der Waals surface area contributed by atoms with E-state index in [0.29, 0.717) is 6.61 Å². The summed E-state index contributed by atoms with van der Waals surface area (Å²) in [6.07, 6.45) is 5.58. The van der Waals surface area contributed by atoms with Gasteiger partial charge in [0.15, 0.2) is 0 Å². The van der Waals surface area contributed by atoms with E-state index in [0.717, 1.165) is 6.67 Å². The molecule has 0 radical (unpaired) electrons. The lowest BCUT2D eigenvalue weighted by atomic mass is 10.7. The normalized spacial score (nSPS) is 15.0.